The van der Waals surface area contributed by atoms with E-state index in [9.17, 15) is 18.0 Å². The van der Waals surface area contributed by atoms with Gasteiger partial charge in [-0.25, -0.2) is 4.79 Å². The van der Waals surface area contributed by atoms with Crippen LogP contribution in [-0.4, -0.2) is 16.7 Å². The molecule has 0 amide bonds. The lowest BCUT2D eigenvalue weighted by molar-refractivity contribution is -0.154. The third-order valence-electron chi connectivity index (χ3n) is 1.60. The summed E-state index contributed by atoms with van der Waals surface area (Å²) in [6.45, 7) is 2.35. The fraction of sp³-hybridized carbons (Fsp3) is 0.222. The van der Waals surface area contributed by atoms with Crippen molar-refractivity contribution in [3.8, 4) is 0 Å². The van der Waals surface area contributed by atoms with Crippen molar-refractivity contribution < 1.29 is 22.7 Å². The van der Waals surface area contributed by atoms with Gasteiger partial charge in [-0.1, -0.05) is 6.58 Å². The molecule has 0 saturated carbocycles. The van der Waals surface area contributed by atoms with Gasteiger partial charge >= 0.3 is 12.1 Å². The second-order valence-electron chi connectivity index (χ2n) is 2.73. The zero-order valence-corrected chi connectivity index (χ0v) is 7.62. The van der Waals surface area contributed by atoms with Crippen LogP contribution in [0.3, 0.4) is 0 Å². The molecular weight excluding hydrogens is 211 g/mol. The van der Waals surface area contributed by atoms with Crippen molar-refractivity contribution in [2.24, 2.45) is 0 Å². The van der Waals surface area contributed by atoms with E-state index in [1.807, 2.05) is 0 Å². The summed E-state index contributed by atoms with van der Waals surface area (Å²) in [4.78, 5) is 10.8. The molecule has 0 saturated heterocycles. The van der Waals surface area contributed by atoms with Crippen molar-refractivity contribution in [2.75, 3.05) is 0 Å². The van der Waals surface area contributed by atoms with Crippen LogP contribution in [-0.2, 0) is 16.3 Å². The molecule has 0 N–H and O–H groups in total. The van der Waals surface area contributed by atoms with Gasteiger partial charge in [0.15, 0.2) is 6.73 Å². The number of nitrogens with zero attached hydrogens (tertiary/aromatic N) is 1. The minimum atomic E-state index is -4.74. The standard InChI is InChI=1S/C9H8F3NO2/c1-7(9(10,11)12)8(14)15-6-13-4-2-3-5-13/h2-5H,1,6H2. The van der Waals surface area contributed by atoms with Gasteiger partial charge in [0.05, 0.1) is 0 Å². The fourth-order valence-electron chi connectivity index (χ4n) is 0.792. The van der Waals surface area contributed by atoms with E-state index in [2.05, 4.69) is 11.3 Å². The first kappa shape index (κ1) is 11.4. The first-order valence-corrected chi connectivity index (χ1v) is 3.95. The highest BCUT2D eigenvalue weighted by Gasteiger charge is 2.37. The molecule has 0 radical (unpaired) electrons. The predicted octanol–water partition coefficient (Wildman–Crippen LogP) is 2.11. The van der Waals surface area contributed by atoms with Gasteiger partial charge in [-0.2, -0.15) is 13.2 Å². The summed E-state index contributed by atoms with van der Waals surface area (Å²) in [7, 11) is 0. The lowest BCUT2D eigenvalue weighted by Crippen LogP contribution is -2.21. The highest BCUT2D eigenvalue weighted by atomic mass is 19.4. The van der Waals surface area contributed by atoms with Gasteiger partial charge in [0.1, 0.15) is 5.57 Å². The SMILES string of the molecule is C=C(C(=O)OCn1cccc1)C(F)(F)F. The van der Waals surface area contributed by atoms with Crippen LogP contribution in [0.4, 0.5) is 13.2 Å². The Kier molecular flexibility index (Phi) is 3.18. The summed E-state index contributed by atoms with van der Waals surface area (Å²) in [5, 5.41) is 0. The minimum Gasteiger partial charge on any atom is -0.440 e. The summed E-state index contributed by atoms with van der Waals surface area (Å²) >= 11 is 0. The average Bonchev–Trinajstić information content (AvgIpc) is 2.63. The smallest absolute Gasteiger partial charge is 0.422 e. The van der Waals surface area contributed by atoms with Crippen molar-refractivity contribution in [3.63, 3.8) is 0 Å². The maximum absolute atomic E-state index is 12.0. The van der Waals surface area contributed by atoms with E-state index in [0.29, 0.717) is 0 Å². The van der Waals surface area contributed by atoms with Crippen molar-refractivity contribution in [1.29, 1.82) is 0 Å². The highest BCUT2D eigenvalue weighted by molar-refractivity contribution is 5.88. The molecule has 0 atom stereocenters. The molecule has 0 bridgehead atoms. The van der Waals surface area contributed by atoms with Gasteiger partial charge in [-0.3, -0.25) is 0 Å². The monoisotopic (exact) mass is 219 g/mol. The molecule has 0 unspecified atom stereocenters. The van der Waals surface area contributed by atoms with Gasteiger partial charge in [0.2, 0.25) is 0 Å². The zero-order valence-electron chi connectivity index (χ0n) is 7.62. The molecule has 1 heterocycles. The molecule has 0 fully saturated rings. The van der Waals surface area contributed by atoms with E-state index in [1.165, 1.54) is 4.57 Å². The number of hydrogen-bond acceptors (Lipinski definition) is 2. The largest absolute Gasteiger partial charge is 0.440 e. The maximum atomic E-state index is 12.0. The Labute approximate surface area is 83.8 Å². The molecule has 3 nitrogen and oxygen atoms in total. The predicted molar refractivity (Wildman–Crippen MR) is 45.7 cm³/mol. The molecule has 0 aliphatic rings. The summed E-state index contributed by atoms with van der Waals surface area (Å²) in [6.07, 6.45) is -1.62. The van der Waals surface area contributed by atoms with Gasteiger partial charge in [-0.05, 0) is 12.1 Å². The Morgan fingerprint density at radius 1 is 1.33 bits per heavy atom. The van der Waals surface area contributed by atoms with Crippen molar-refractivity contribution in [2.45, 2.75) is 12.9 Å². The van der Waals surface area contributed by atoms with Crippen LogP contribution in [0.1, 0.15) is 0 Å². The lowest BCUT2D eigenvalue weighted by Gasteiger charge is -2.09. The van der Waals surface area contributed by atoms with Crippen LogP contribution in [0, 0.1) is 0 Å². The Balaban J connectivity index is 2.47. The van der Waals surface area contributed by atoms with Crippen molar-refractivity contribution >= 4 is 5.97 Å². The van der Waals surface area contributed by atoms with Crippen molar-refractivity contribution in [3.05, 3.63) is 36.7 Å². The van der Waals surface area contributed by atoms with E-state index < -0.39 is 17.7 Å². The Morgan fingerprint density at radius 3 is 2.33 bits per heavy atom. The second kappa shape index (κ2) is 4.20. The number of rotatable bonds is 3. The molecule has 0 aromatic carbocycles. The van der Waals surface area contributed by atoms with Crippen molar-refractivity contribution in [1.82, 2.24) is 4.57 Å². The molecule has 15 heavy (non-hydrogen) atoms. The van der Waals surface area contributed by atoms with Gasteiger partial charge < -0.3 is 9.30 Å². The van der Waals surface area contributed by atoms with Crippen LogP contribution in [0.25, 0.3) is 0 Å². The van der Waals surface area contributed by atoms with Gasteiger partial charge in [-0.15, -0.1) is 0 Å². The minimum absolute atomic E-state index is 0.263. The zero-order chi connectivity index (χ0) is 11.5. The van der Waals surface area contributed by atoms with Gasteiger partial charge in [0, 0.05) is 12.4 Å². The third kappa shape index (κ3) is 3.16. The topological polar surface area (TPSA) is 31.2 Å². The summed E-state index contributed by atoms with van der Waals surface area (Å²) in [6, 6.07) is 3.32. The third-order valence-corrected chi connectivity index (χ3v) is 1.60. The summed E-state index contributed by atoms with van der Waals surface area (Å²) < 4.78 is 41.7. The van der Waals surface area contributed by atoms with Crippen LogP contribution < -0.4 is 0 Å². The quantitative estimate of drug-likeness (QED) is 0.575. The number of ether oxygens (including phenoxy) is 1. The number of hydrogen-bond donors (Lipinski definition) is 0. The molecular formula is C9H8F3NO2. The van der Waals surface area contributed by atoms with E-state index in [4.69, 9.17) is 0 Å². The Morgan fingerprint density at radius 2 is 1.87 bits per heavy atom. The number of halogens is 3. The number of carbonyl (C=O) groups is 1. The first-order chi connectivity index (χ1) is 6.91. The maximum Gasteiger partial charge on any atom is 0.422 e. The normalized spacial score (nSPS) is 11.1. The van der Waals surface area contributed by atoms with E-state index in [-0.39, 0.29) is 6.73 Å². The fourth-order valence-corrected chi connectivity index (χ4v) is 0.792. The molecule has 1 rings (SSSR count). The van der Waals surface area contributed by atoms with E-state index in [0.717, 1.165) is 0 Å². The highest BCUT2D eigenvalue weighted by Crippen LogP contribution is 2.24. The average molecular weight is 219 g/mol. The van der Waals surface area contributed by atoms with E-state index >= 15 is 0 Å². The van der Waals surface area contributed by atoms with Gasteiger partial charge in [0.25, 0.3) is 0 Å². The molecule has 0 spiro atoms. The van der Waals surface area contributed by atoms with Crippen LogP contribution in [0.15, 0.2) is 36.7 Å². The number of esters is 1. The van der Waals surface area contributed by atoms with Crippen LogP contribution >= 0.6 is 0 Å². The number of carbonyl (C=O) groups excluding carboxylic acids is 1. The molecule has 82 valence electrons. The molecule has 0 aliphatic heterocycles. The lowest BCUT2D eigenvalue weighted by atomic mass is 10.3. The molecule has 6 heteroatoms. The van der Waals surface area contributed by atoms with Crippen LogP contribution in [0.5, 0.6) is 0 Å². The number of aromatic nitrogens is 1. The summed E-state index contributed by atoms with van der Waals surface area (Å²) in [5.41, 5.74) is -1.50. The Hall–Kier alpha value is -1.72. The van der Waals surface area contributed by atoms with E-state index in [1.54, 1.807) is 24.5 Å². The molecule has 0 aliphatic carbocycles. The first-order valence-electron chi connectivity index (χ1n) is 3.95. The molecule has 1 aromatic rings. The molecule has 1 aromatic heterocycles. The second-order valence-corrected chi connectivity index (χ2v) is 2.73. The summed E-state index contributed by atoms with van der Waals surface area (Å²) in [5.74, 6) is -1.46. The Bertz CT molecular complexity index is 354. The van der Waals surface area contributed by atoms with Crippen LogP contribution in [0.2, 0.25) is 0 Å². The number of alkyl halides is 3.